The number of aliphatic hydroxyl groups is 2. The van der Waals surface area contributed by atoms with Gasteiger partial charge in [0.15, 0.2) is 11.6 Å². The van der Waals surface area contributed by atoms with E-state index in [2.05, 4.69) is 10.6 Å². The number of rotatable bonds is 6. The molecule has 2 fully saturated rings. The van der Waals surface area contributed by atoms with Crippen molar-refractivity contribution in [3.8, 4) is 0 Å². The van der Waals surface area contributed by atoms with Crippen molar-refractivity contribution >= 4 is 17.3 Å². The quantitative estimate of drug-likeness (QED) is 0.529. The summed E-state index contributed by atoms with van der Waals surface area (Å²) in [6.45, 7) is 3.62. The molecule has 2 aromatic carbocycles. The second-order valence-corrected chi connectivity index (χ2v) is 9.46. The minimum atomic E-state index is -1.29. The van der Waals surface area contributed by atoms with Crippen LogP contribution in [0.15, 0.2) is 30.3 Å². The molecule has 0 radical (unpaired) electrons. The number of hydrogen-bond donors (Lipinski definition) is 4. The van der Waals surface area contributed by atoms with Crippen LogP contribution in [0.25, 0.3) is 0 Å². The third-order valence-corrected chi connectivity index (χ3v) is 6.57. The fourth-order valence-electron chi connectivity index (χ4n) is 4.58. The molecule has 2 aromatic rings. The van der Waals surface area contributed by atoms with E-state index in [-0.39, 0.29) is 36.9 Å². The van der Waals surface area contributed by atoms with Crippen molar-refractivity contribution in [3.63, 3.8) is 0 Å². The summed E-state index contributed by atoms with van der Waals surface area (Å²) >= 11 is 0. The van der Waals surface area contributed by atoms with E-state index in [0.29, 0.717) is 12.0 Å². The lowest BCUT2D eigenvalue weighted by Crippen LogP contribution is -2.68. The Hall–Kier alpha value is -2.62. The number of carbonyl (C=O) groups excluding carboxylic acids is 1. The molecule has 2 atom stereocenters. The first-order chi connectivity index (χ1) is 15.5. The van der Waals surface area contributed by atoms with Crippen LogP contribution >= 0.6 is 0 Å². The molecule has 2 unspecified atom stereocenters. The van der Waals surface area contributed by atoms with Gasteiger partial charge in [0.2, 0.25) is 0 Å². The van der Waals surface area contributed by atoms with Gasteiger partial charge in [-0.25, -0.2) is 13.2 Å². The van der Waals surface area contributed by atoms with Crippen molar-refractivity contribution in [2.24, 2.45) is 0 Å². The Morgan fingerprint density at radius 3 is 2.52 bits per heavy atom. The minimum Gasteiger partial charge on any atom is -0.389 e. The Morgan fingerprint density at radius 1 is 1.15 bits per heavy atom. The third kappa shape index (κ3) is 4.71. The minimum absolute atomic E-state index is 0.00890. The van der Waals surface area contributed by atoms with Crippen LogP contribution < -0.4 is 10.6 Å². The number of β-amino-alcohol motifs (C(OH)–C–C–N with tert-alkyl or cyclic N) is 1. The van der Waals surface area contributed by atoms with E-state index in [1.807, 2.05) is 0 Å². The topological polar surface area (TPSA) is 84.8 Å². The second kappa shape index (κ2) is 8.62. The molecule has 1 saturated heterocycles. The van der Waals surface area contributed by atoms with Gasteiger partial charge in [0.05, 0.1) is 35.6 Å². The highest BCUT2D eigenvalue weighted by molar-refractivity contribution is 6.01. The van der Waals surface area contributed by atoms with Crippen LogP contribution in [0.1, 0.15) is 42.1 Å². The summed E-state index contributed by atoms with van der Waals surface area (Å²) in [5.41, 5.74) is -2.09. The van der Waals surface area contributed by atoms with Gasteiger partial charge in [-0.05, 0) is 62.9 Å². The molecular weight excluding hydrogens is 435 g/mol. The summed E-state index contributed by atoms with van der Waals surface area (Å²) < 4.78 is 42.8. The summed E-state index contributed by atoms with van der Waals surface area (Å²) in [4.78, 5) is 14.3. The third-order valence-electron chi connectivity index (χ3n) is 6.57. The Morgan fingerprint density at radius 2 is 1.88 bits per heavy atom. The maximum atomic E-state index is 14.6. The van der Waals surface area contributed by atoms with Crippen LogP contribution in [0.4, 0.5) is 24.5 Å². The fraction of sp³-hybridized carbons (Fsp3) is 0.458. The first-order valence-electron chi connectivity index (χ1n) is 11.0. The molecule has 1 saturated carbocycles. The van der Waals surface area contributed by atoms with Crippen molar-refractivity contribution in [3.05, 3.63) is 58.9 Å². The van der Waals surface area contributed by atoms with Crippen molar-refractivity contribution < 1.29 is 28.2 Å². The number of likely N-dealkylation sites (tertiary alicyclic amines) is 1. The van der Waals surface area contributed by atoms with Gasteiger partial charge in [0, 0.05) is 12.6 Å². The predicted molar refractivity (Wildman–Crippen MR) is 118 cm³/mol. The zero-order chi connectivity index (χ0) is 24.0. The van der Waals surface area contributed by atoms with Gasteiger partial charge >= 0.3 is 0 Å². The molecule has 0 spiro atoms. The Bertz CT molecular complexity index is 1070. The first-order valence-corrected chi connectivity index (χ1v) is 11.0. The maximum absolute atomic E-state index is 14.6. The highest BCUT2D eigenvalue weighted by Crippen LogP contribution is 2.33. The van der Waals surface area contributed by atoms with E-state index in [0.717, 1.165) is 25.0 Å². The normalized spacial score (nSPS) is 24.0. The smallest absolute Gasteiger partial charge is 0.256 e. The maximum Gasteiger partial charge on any atom is 0.256 e. The molecule has 1 aliphatic heterocycles. The molecule has 2 aliphatic rings. The summed E-state index contributed by atoms with van der Waals surface area (Å²) in [7, 11) is 0. The van der Waals surface area contributed by atoms with Gasteiger partial charge in [-0.1, -0.05) is 6.07 Å². The van der Waals surface area contributed by atoms with Crippen molar-refractivity contribution in [2.45, 2.75) is 50.4 Å². The number of nitrogens with zero attached hydrogens (tertiary/aromatic N) is 1. The van der Waals surface area contributed by atoms with Crippen molar-refractivity contribution in [1.29, 1.82) is 0 Å². The lowest BCUT2D eigenvalue weighted by molar-refractivity contribution is -0.0834. The van der Waals surface area contributed by atoms with Crippen LogP contribution in [0.3, 0.4) is 0 Å². The number of amides is 1. The molecule has 33 heavy (non-hydrogen) atoms. The molecule has 1 aliphatic carbocycles. The molecule has 6 nitrogen and oxygen atoms in total. The molecule has 0 bridgehead atoms. The van der Waals surface area contributed by atoms with Crippen molar-refractivity contribution in [1.82, 2.24) is 10.2 Å². The van der Waals surface area contributed by atoms with E-state index < -0.39 is 40.2 Å². The first kappa shape index (κ1) is 23.5. The molecular formula is C24H28F3N3O3. The van der Waals surface area contributed by atoms with Gasteiger partial charge < -0.3 is 25.7 Å². The molecule has 1 heterocycles. The molecule has 1 amide bonds. The largest absolute Gasteiger partial charge is 0.389 e. The Balaban J connectivity index is 1.47. The second-order valence-electron chi connectivity index (χ2n) is 9.46. The number of aryl methyl sites for hydroxylation is 1. The lowest BCUT2D eigenvalue weighted by atomic mass is 9.91. The number of carbonyl (C=O) groups is 1. The standard InChI is InChI=1S/C24H28F3N3O3/c1-14-5-8-18(17(26)10-14)29-21-15(6-7-16(25)20(21)27)22(31)30-12-24(33,13-30)11-28-19-4-3-9-23(19,2)32/h5-8,10,19,28-29,32-33H,3-4,9,11-13H2,1-2H3. The van der Waals surface area contributed by atoms with Gasteiger partial charge in [-0.3, -0.25) is 4.79 Å². The summed E-state index contributed by atoms with van der Waals surface area (Å²) in [6.07, 6.45) is 2.37. The van der Waals surface area contributed by atoms with Crippen LogP contribution in [-0.4, -0.2) is 57.9 Å². The summed E-state index contributed by atoms with van der Waals surface area (Å²) in [5.74, 6) is -3.73. The SMILES string of the molecule is Cc1ccc(Nc2c(C(=O)N3CC(O)(CNC4CCCC4(C)O)C3)ccc(F)c2F)c(F)c1. The number of hydrogen-bond acceptors (Lipinski definition) is 5. The number of nitrogens with one attached hydrogen (secondary N) is 2. The van der Waals surface area contributed by atoms with Crippen LogP contribution in [0.5, 0.6) is 0 Å². The van der Waals surface area contributed by atoms with E-state index in [9.17, 15) is 28.2 Å². The lowest BCUT2D eigenvalue weighted by Gasteiger charge is -2.47. The summed E-state index contributed by atoms with van der Waals surface area (Å²) in [5, 5.41) is 26.8. The zero-order valence-corrected chi connectivity index (χ0v) is 18.6. The molecule has 4 rings (SSSR count). The highest BCUT2D eigenvalue weighted by atomic mass is 19.2. The average Bonchev–Trinajstić information content (AvgIpc) is 3.07. The number of benzene rings is 2. The van der Waals surface area contributed by atoms with Crippen LogP contribution in [0, 0.1) is 24.4 Å². The Kier molecular flexibility index (Phi) is 6.15. The Labute approximate surface area is 190 Å². The molecule has 4 N–H and O–H groups in total. The van der Waals surface area contributed by atoms with E-state index in [4.69, 9.17) is 0 Å². The fourth-order valence-corrected chi connectivity index (χ4v) is 4.58. The van der Waals surface area contributed by atoms with E-state index in [1.165, 1.54) is 17.0 Å². The molecule has 0 aromatic heterocycles. The van der Waals surface area contributed by atoms with Gasteiger partial charge in [-0.15, -0.1) is 0 Å². The number of anilines is 2. The molecule has 9 heteroatoms. The predicted octanol–water partition coefficient (Wildman–Crippen LogP) is 3.24. The zero-order valence-electron chi connectivity index (χ0n) is 18.6. The van der Waals surface area contributed by atoms with Gasteiger partial charge in [-0.2, -0.15) is 0 Å². The van der Waals surface area contributed by atoms with E-state index >= 15 is 0 Å². The number of halogens is 3. The monoisotopic (exact) mass is 463 g/mol. The van der Waals surface area contributed by atoms with Gasteiger partial charge in [0.25, 0.3) is 5.91 Å². The van der Waals surface area contributed by atoms with E-state index in [1.54, 1.807) is 19.9 Å². The van der Waals surface area contributed by atoms with Gasteiger partial charge in [0.1, 0.15) is 11.4 Å². The highest BCUT2D eigenvalue weighted by Gasteiger charge is 2.46. The average molecular weight is 464 g/mol. The van der Waals surface area contributed by atoms with Crippen molar-refractivity contribution in [2.75, 3.05) is 25.0 Å². The van der Waals surface area contributed by atoms with Crippen LogP contribution in [0.2, 0.25) is 0 Å². The van der Waals surface area contributed by atoms with Crippen LogP contribution in [-0.2, 0) is 0 Å². The molecule has 178 valence electrons. The summed E-state index contributed by atoms with van der Waals surface area (Å²) in [6, 6.07) is 6.07.